The van der Waals surface area contributed by atoms with Gasteiger partial charge in [0.05, 0.1) is 19.0 Å². The lowest BCUT2D eigenvalue weighted by Crippen LogP contribution is -2.47. The van der Waals surface area contributed by atoms with Gasteiger partial charge in [-0.2, -0.15) is 0 Å². The minimum atomic E-state index is -3.50. The first-order valence-corrected chi connectivity index (χ1v) is 12.8. The molecular formula is C22H32N7O4P. The van der Waals surface area contributed by atoms with Crippen LogP contribution in [0.5, 0.6) is 0 Å². The van der Waals surface area contributed by atoms with Gasteiger partial charge in [0.1, 0.15) is 23.7 Å². The number of aromatic nitrogens is 4. The van der Waals surface area contributed by atoms with Gasteiger partial charge >= 0.3 is 5.97 Å². The molecule has 2 heterocycles. The summed E-state index contributed by atoms with van der Waals surface area (Å²) in [5, 5.41) is 15.5. The molecule has 5 N–H and O–H groups in total. The zero-order chi connectivity index (χ0) is 25.1. The highest BCUT2D eigenvalue weighted by atomic mass is 31.2. The maximum atomic E-state index is 13.9. The molecule has 0 radical (unpaired) electrons. The highest BCUT2D eigenvalue weighted by Gasteiger charge is 2.37. The van der Waals surface area contributed by atoms with Gasteiger partial charge in [0.25, 0.3) is 0 Å². The molecule has 0 bridgehead atoms. The van der Waals surface area contributed by atoms with E-state index in [0.717, 1.165) is 11.1 Å². The van der Waals surface area contributed by atoms with Crippen LogP contribution < -0.4 is 15.9 Å². The molecule has 0 spiro atoms. The van der Waals surface area contributed by atoms with Crippen LogP contribution in [0.15, 0.2) is 36.9 Å². The topological polar surface area (TPSA) is 157 Å². The average molecular weight is 490 g/mol. The van der Waals surface area contributed by atoms with Crippen LogP contribution in [0.3, 0.4) is 0 Å². The van der Waals surface area contributed by atoms with E-state index < -0.39 is 19.0 Å². The standard InChI is InChI=1S/C22H32N7O4P/c1-14-6-8-17(9-7-14)16(3)27-34(32,28-22(4,5)21(30)31)13-33-15(2)10-29-12-26-18-19(23)24-11-25-20(18)29/h6-9,11-12,15-16H,10,13H2,1-5H3,(H,30,31)(H2,23,24,25)(H2,27,28,32)/t15-,16+,34-/m1/s1. The van der Waals surface area contributed by atoms with Gasteiger partial charge in [-0.15, -0.1) is 0 Å². The number of imidazole rings is 1. The summed E-state index contributed by atoms with van der Waals surface area (Å²) in [5.74, 6) is -0.830. The fourth-order valence-electron chi connectivity index (χ4n) is 3.44. The first-order valence-electron chi connectivity index (χ1n) is 10.9. The van der Waals surface area contributed by atoms with Gasteiger partial charge in [-0.25, -0.2) is 25.1 Å². The number of aliphatic carboxylic acids is 1. The number of carboxylic acid groups (broad SMARTS) is 1. The Morgan fingerprint density at radius 2 is 1.91 bits per heavy atom. The van der Waals surface area contributed by atoms with Gasteiger partial charge < -0.3 is 20.1 Å². The summed E-state index contributed by atoms with van der Waals surface area (Å²) in [7, 11) is -3.50. The largest absolute Gasteiger partial charge is 0.480 e. The lowest BCUT2D eigenvalue weighted by molar-refractivity contribution is -0.142. The van der Waals surface area contributed by atoms with Crippen molar-refractivity contribution < 1.29 is 19.2 Å². The average Bonchev–Trinajstić information content (AvgIpc) is 3.16. The van der Waals surface area contributed by atoms with Crippen LogP contribution in [0.4, 0.5) is 5.82 Å². The van der Waals surface area contributed by atoms with Crippen LogP contribution in [-0.2, 0) is 20.6 Å². The van der Waals surface area contributed by atoms with E-state index in [-0.39, 0.29) is 24.3 Å². The van der Waals surface area contributed by atoms with Crippen molar-refractivity contribution in [2.45, 2.75) is 58.8 Å². The molecule has 11 nitrogen and oxygen atoms in total. The number of carbonyl (C=O) groups is 1. The summed E-state index contributed by atoms with van der Waals surface area (Å²) < 4.78 is 21.6. The Hall–Kier alpha value is -2.85. The molecule has 2 aromatic heterocycles. The van der Waals surface area contributed by atoms with Crippen molar-refractivity contribution in [3.8, 4) is 0 Å². The van der Waals surface area contributed by atoms with Crippen molar-refractivity contribution in [1.82, 2.24) is 29.7 Å². The number of nitrogens with two attached hydrogens (primary N) is 1. The Labute approximate surface area is 198 Å². The van der Waals surface area contributed by atoms with Crippen molar-refractivity contribution in [3.63, 3.8) is 0 Å². The Morgan fingerprint density at radius 1 is 1.24 bits per heavy atom. The number of nitrogen functional groups attached to an aromatic ring is 1. The molecule has 0 aliphatic carbocycles. The number of ether oxygens (including phenoxy) is 1. The molecular weight excluding hydrogens is 457 g/mol. The van der Waals surface area contributed by atoms with E-state index in [2.05, 4.69) is 25.1 Å². The van der Waals surface area contributed by atoms with Gasteiger partial charge in [-0.05, 0) is 40.2 Å². The van der Waals surface area contributed by atoms with E-state index in [4.69, 9.17) is 10.5 Å². The first-order chi connectivity index (χ1) is 15.9. The Balaban J connectivity index is 1.74. The molecule has 0 aliphatic heterocycles. The SMILES string of the molecule is Cc1ccc([C@H](C)N[P@](=O)(CO[C@H](C)Cn2cnc3c(N)ncnc32)NC(C)(C)C(=O)O)cc1. The second-order valence-electron chi connectivity index (χ2n) is 8.98. The summed E-state index contributed by atoms with van der Waals surface area (Å²) in [6.45, 7) is 8.99. The fourth-order valence-corrected chi connectivity index (χ4v) is 5.88. The summed E-state index contributed by atoms with van der Waals surface area (Å²) in [4.78, 5) is 24.1. The quantitative estimate of drug-likeness (QED) is 0.295. The molecule has 3 aromatic rings. The first kappa shape index (κ1) is 25.8. The van der Waals surface area contributed by atoms with Gasteiger partial charge in [-0.3, -0.25) is 9.36 Å². The number of aryl methyl sites for hydroxylation is 1. The van der Waals surface area contributed by atoms with Crippen molar-refractivity contribution in [1.29, 1.82) is 0 Å². The van der Waals surface area contributed by atoms with E-state index in [1.54, 1.807) is 10.9 Å². The predicted molar refractivity (Wildman–Crippen MR) is 130 cm³/mol. The molecule has 0 unspecified atom stereocenters. The highest BCUT2D eigenvalue weighted by Crippen LogP contribution is 2.42. The van der Waals surface area contributed by atoms with Crippen molar-refractivity contribution in [3.05, 3.63) is 48.0 Å². The molecule has 0 aliphatic rings. The maximum absolute atomic E-state index is 13.9. The highest BCUT2D eigenvalue weighted by molar-refractivity contribution is 7.59. The van der Waals surface area contributed by atoms with Crippen molar-refractivity contribution in [2.75, 3.05) is 12.1 Å². The lowest BCUT2D eigenvalue weighted by Gasteiger charge is -2.32. The third-order valence-electron chi connectivity index (χ3n) is 5.40. The zero-order valence-corrected chi connectivity index (χ0v) is 20.9. The second-order valence-corrected chi connectivity index (χ2v) is 11.2. The molecule has 34 heavy (non-hydrogen) atoms. The minimum absolute atomic E-state index is 0.217. The number of fused-ring (bicyclic) bond motifs is 1. The summed E-state index contributed by atoms with van der Waals surface area (Å²) in [6.07, 6.45) is 2.36. The Morgan fingerprint density at radius 3 is 2.56 bits per heavy atom. The van der Waals surface area contributed by atoms with Gasteiger partial charge in [0.15, 0.2) is 11.5 Å². The lowest BCUT2D eigenvalue weighted by atomic mass is 10.1. The van der Waals surface area contributed by atoms with Crippen LogP contribution in [0, 0.1) is 6.92 Å². The zero-order valence-electron chi connectivity index (χ0n) is 20.0. The Kier molecular flexibility index (Phi) is 7.72. The van der Waals surface area contributed by atoms with Crippen LogP contribution in [0.25, 0.3) is 11.2 Å². The third kappa shape index (κ3) is 6.18. The van der Waals surface area contributed by atoms with Gasteiger partial charge in [-0.1, -0.05) is 29.8 Å². The number of hydrogen-bond donors (Lipinski definition) is 4. The molecule has 0 amide bonds. The van der Waals surface area contributed by atoms with Gasteiger partial charge in [0.2, 0.25) is 7.44 Å². The fraction of sp³-hybridized carbons (Fsp3) is 0.455. The van der Waals surface area contributed by atoms with E-state index in [9.17, 15) is 14.5 Å². The molecule has 12 heteroatoms. The number of nitrogens with one attached hydrogen (secondary N) is 2. The number of hydrogen-bond acceptors (Lipinski definition) is 7. The summed E-state index contributed by atoms with van der Waals surface area (Å²) >= 11 is 0. The van der Waals surface area contributed by atoms with E-state index in [1.807, 2.05) is 45.0 Å². The number of nitrogens with zero attached hydrogens (tertiary/aromatic N) is 4. The Bertz CT molecular complexity index is 1200. The molecule has 1 aromatic carbocycles. The van der Waals surface area contributed by atoms with E-state index >= 15 is 0 Å². The van der Waals surface area contributed by atoms with E-state index in [1.165, 1.54) is 20.2 Å². The van der Waals surface area contributed by atoms with Crippen LogP contribution in [0.2, 0.25) is 0 Å². The molecule has 0 saturated carbocycles. The van der Waals surface area contributed by atoms with E-state index in [0.29, 0.717) is 17.7 Å². The molecule has 3 rings (SSSR count). The molecule has 0 saturated heterocycles. The third-order valence-corrected chi connectivity index (χ3v) is 7.64. The van der Waals surface area contributed by atoms with Crippen LogP contribution in [0.1, 0.15) is 44.9 Å². The molecule has 3 atom stereocenters. The second kappa shape index (κ2) is 10.2. The summed E-state index contributed by atoms with van der Waals surface area (Å²) in [5.41, 5.74) is 7.52. The number of rotatable bonds is 11. The van der Waals surface area contributed by atoms with Crippen LogP contribution >= 0.6 is 7.44 Å². The number of anilines is 1. The van der Waals surface area contributed by atoms with Crippen LogP contribution in [-0.4, -0.2) is 48.6 Å². The number of benzene rings is 1. The number of carboxylic acids is 1. The minimum Gasteiger partial charge on any atom is -0.480 e. The molecule has 0 fully saturated rings. The predicted octanol–water partition coefficient (Wildman–Crippen LogP) is 3.08. The van der Waals surface area contributed by atoms with Gasteiger partial charge in [0, 0.05) is 6.04 Å². The van der Waals surface area contributed by atoms with Crippen molar-refractivity contribution in [2.24, 2.45) is 0 Å². The van der Waals surface area contributed by atoms with Crippen molar-refractivity contribution >= 4 is 30.4 Å². The monoisotopic (exact) mass is 489 g/mol. The normalized spacial score (nSPS) is 15.7. The molecule has 184 valence electrons. The maximum Gasteiger partial charge on any atom is 0.323 e. The smallest absolute Gasteiger partial charge is 0.323 e. The summed E-state index contributed by atoms with van der Waals surface area (Å²) in [6, 6.07) is 7.52.